The van der Waals surface area contributed by atoms with Crippen molar-refractivity contribution in [1.29, 1.82) is 0 Å². The number of hydrogen-bond acceptors (Lipinski definition) is 2. The van der Waals surface area contributed by atoms with Crippen LogP contribution in [0.1, 0.15) is 61.3 Å². The maximum Gasteiger partial charge on any atom is 0.0220 e. The first-order valence-corrected chi connectivity index (χ1v) is 7.21. The van der Waals surface area contributed by atoms with E-state index in [1.807, 2.05) is 0 Å². The van der Waals surface area contributed by atoms with Crippen LogP contribution in [0.3, 0.4) is 0 Å². The van der Waals surface area contributed by atoms with Gasteiger partial charge in [0.1, 0.15) is 0 Å². The van der Waals surface area contributed by atoms with Crippen LogP contribution in [0.2, 0.25) is 0 Å². The molecule has 0 saturated heterocycles. The molecule has 0 radical (unpaired) electrons. The lowest BCUT2D eigenvalue weighted by molar-refractivity contribution is 0.0845. The summed E-state index contributed by atoms with van der Waals surface area (Å²) in [5.41, 5.74) is 0.339. The summed E-state index contributed by atoms with van der Waals surface area (Å²) in [6, 6.07) is 1.78. The average Bonchev–Trinajstić information content (AvgIpc) is 2.26. The van der Waals surface area contributed by atoms with Gasteiger partial charge in [0.05, 0.1) is 0 Å². The van der Waals surface area contributed by atoms with Crippen LogP contribution in [0, 0.1) is 5.41 Å². The minimum Gasteiger partial charge on any atom is -0.312 e. The van der Waals surface area contributed by atoms with Gasteiger partial charge in [0, 0.05) is 18.1 Å². The molecule has 0 heterocycles. The molecule has 0 bridgehead atoms. The fraction of sp³-hybridized carbons (Fsp3) is 1.00. The monoisotopic (exact) mass is 242 g/mol. The van der Waals surface area contributed by atoms with E-state index in [2.05, 4.69) is 65.7 Å². The summed E-state index contributed by atoms with van der Waals surface area (Å²) in [4.78, 5) is 2.52. The van der Waals surface area contributed by atoms with Gasteiger partial charge in [-0.15, -0.1) is 0 Å². The number of hydrogen-bond donors (Lipinski definition) is 1. The molecule has 0 saturated carbocycles. The van der Waals surface area contributed by atoms with Crippen LogP contribution in [0.5, 0.6) is 0 Å². The molecular weight excluding hydrogens is 208 g/mol. The molecule has 104 valence electrons. The Kier molecular flexibility index (Phi) is 7.34. The fourth-order valence-corrected chi connectivity index (χ4v) is 2.23. The summed E-state index contributed by atoms with van der Waals surface area (Å²) < 4.78 is 0. The predicted octanol–water partition coefficient (Wildman–Crippen LogP) is 3.52. The van der Waals surface area contributed by atoms with Gasteiger partial charge in [0.25, 0.3) is 0 Å². The molecule has 2 nitrogen and oxygen atoms in total. The molecule has 3 unspecified atom stereocenters. The first kappa shape index (κ1) is 16.9. The molecule has 17 heavy (non-hydrogen) atoms. The third kappa shape index (κ3) is 5.39. The highest BCUT2D eigenvalue weighted by atomic mass is 15.2. The molecule has 0 aliphatic carbocycles. The summed E-state index contributed by atoms with van der Waals surface area (Å²) in [6.45, 7) is 17.3. The summed E-state index contributed by atoms with van der Waals surface area (Å²) in [5.74, 6) is 0. The zero-order chi connectivity index (χ0) is 13.6. The summed E-state index contributed by atoms with van der Waals surface area (Å²) in [5, 5.41) is 3.66. The van der Waals surface area contributed by atoms with E-state index in [9.17, 15) is 0 Å². The van der Waals surface area contributed by atoms with Crippen LogP contribution in [0.25, 0.3) is 0 Å². The van der Waals surface area contributed by atoms with E-state index in [1.165, 1.54) is 12.8 Å². The second-order valence-electron chi connectivity index (χ2n) is 6.42. The van der Waals surface area contributed by atoms with Gasteiger partial charge in [0.15, 0.2) is 0 Å². The highest BCUT2D eigenvalue weighted by Gasteiger charge is 2.29. The van der Waals surface area contributed by atoms with Crippen molar-refractivity contribution in [2.45, 2.75) is 79.4 Å². The Balaban J connectivity index is 4.49. The van der Waals surface area contributed by atoms with Crippen LogP contribution in [-0.2, 0) is 0 Å². The van der Waals surface area contributed by atoms with Gasteiger partial charge >= 0.3 is 0 Å². The molecular formula is C15H34N2. The molecule has 0 amide bonds. The summed E-state index contributed by atoms with van der Waals surface area (Å²) in [6.07, 6.45) is 2.41. The van der Waals surface area contributed by atoms with E-state index >= 15 is 0 Å². The molecule has 3 atom stereocenters. The third-order valence-electron chi connectivity index (χ3n) is 4.19. The Labute approximate surface area is 109 Å². The van der Waals surface area contributed by atoms with Crippen LogP contribution in [0.4, 0.5) is 0 Å². The first-order valence-electron chi connectivity index (χ1n) is 7.21. The minimum absolute atomic E-state index is 0.339. The van der Waals surface area contributed by atoms with Crippen molar-refractivity contribution in [3.63, 3.8) is 0 Å². The molecule has 0 aromatic carbocycles. The quantitative estimate of drug-likeness (QED) is 0.735. The van der Waals surface area contributed by atoms with Gasteiger partial charge in [0.2, 0.25) is 0 Å². The summed E-state index contributed by atoms with van der Waals surface area (Å²) >= 11 is 0. The lowest BCUT2D eigenvalue weighted by Gasteiger charge is -2.42. The fourth-order valence-electron chi connectivity index (χ4n) is 2.23. The smallest absolute Gasteiger partial charge is 0.0220 e. The topological polar surface area (TPSA) is 15.3 Å². The lowest BCUT2D eigenvalue weighted by Crippen LogP contribution is -2.52. The Morgan fingerprint density at radius 3 is 2.00 bits per heavy atom. The Hall–Kier alpha value is -0.0800. The summed E-state index contributed by atoms with van der Waals surface area (Å²) in [7, 11) is 2.26. The zero-order valence-electron chi connectivity index (χ0n) is 13.3. The van der Waals surface area contributed by atoms with Gasteiger partial charge in [-0.1, -0.05) is 34.6 Å². The normalized spacial score (nSPS) is 18.2. The van der Waals surface area contributed by atoms with Crippen LogP contribution in [0.15, 0.2) is 0 Å². The molecule has 0 rings (SSSR count). The number of nitrogens with one attached hydrogen (secondary N) is 1. The second kappa shape index (κ2) is 7.38. The highest BCUT2D eigenvalue weighted by molar-refractivity contribution is 4.85. The van der Waals surface area contributed by atoms with Crippen molar-refractivity contribution in [2.75, 3.05) is 13.6 Å². The SMILES string of the molecule is CCCNC(CC)C(C)N(C)C(C)C(C)(C)C. The van der Waals surface area contributed by atoms with Crippen LogP contribution >= 0.6 is 0 Å². The number of nitrogens with zero attached hydrogens (tertiary/aromatic N) is 1. The molecule has 0 aliphatic rings. The highest BCUT2D eigenvalue weighted by Crippen LogP contribution is 2.25. The van der Waals surface area contributed by atoms with Crippen molar-refractivity contribution >= 4 is 0 Å². The van der Waals surface area contributed by atoms with E-state index in [1.54, 1.807) is 0 Å². The largest absolute Gasteiger partial charge is 0.312 e. The lowest BCUT2D eigenvalue weighted by atomic mass is 9.86. The molecule has 0 aromatic rings. The van der Waals surface area contributed by atoms with Crippen molar-refractivity contribution in [3.05, 3.63) is 0 Å². The Bertz CT molecular complexity index is 196. The molecule has 0 fully saturated rings. The van der Waals surface area contributed by atoms with Gasteiger partial charge in [-0.3, -0.25) is 4.90 Å². The number of likely N-dealkylation sites (N-methyl/N-ethyl adjacent to an activating group) is 1. The zero-order valence-corrected chi connectivity index (χ0v) is 13.3. The maximum atomic E-state index is 3.66. The van der Waals surface area contributed by atoms with Gasteiger partial charge in [-0.05, 0) is 45.7 Å². The van der Waals surface area contributed by atoms with E-state index in [4.69, 9.17) is 0 Å². The second-order valence-corrected chi connectivity index (χ2v) is 6.42. The molecule has 0 aliphatic heterocycles. The molecule has 1 N–H and O–H groups in total. The standard InChI is InChI=1S/C15H34N2/c1-9-11-16-14(10-2)12(3)17(8)13(4)15(5,6)7/h12-14,16H,9-11H2,1-8H3. The van der Waals surface area contributed by atoms with E-state index in [-0.39, 0.29) is 0 Å². The molecule has 0 spiro atoms. The van der Waals surface area contributed by atoms with Crippen molar-refractivity contribution < 1.29 is 0 Å². The predicted molar refractivity (Wildman–Crippen MR) is 78.5 cm³/mol. The maximum absolute atomic E-state index is 3.66. The van der Waals surface area contributed by atoms with Gasteiger partial charge in [-0.2, -0.15) is 0 Å². The van der Waals surface area contributed by atoms with Crippen LogP contribution < -0.4 is 5.32 Å². The Morgan fingerprint density at radius 2 is 1.65 bits per heavy atom. The minimum atomic E-state index is 0.339. The van der Waals surface area contributed by atoms with Crippen LogP contribution in [-0.4, -0.2) is 36.6 Å². The van der Waals surface area contributed by atoms with E-state index in [0.29, 0.717) is 23.5 Å². The third-order valence-corrected chi connectivity index (χ3v) is 4.19. The van der Waals surface area contributed by atoms with Gasteiger partial charge < -0.3 is 5.32 Å². The number of rotatable bonds is 7. The first-order chi connectivity index (χ1) is 7.75. The van der Waals surface area contributed by atoms with E-state index < -0.39 is 0 Å². The molecule has 2 heteroatoms. The van der Waals surface area contributed by atoms with Crippen molar-refractivity contribution in [1.82, 2.24) is 10.2 Å². The van der Waals surface area contributed by atoms with Crippen molar-refractivity contribution in [3.8, 4) is 0 Å². The Morgan fingerprint density at radius 1 is 1.12 bits per heavy atom. The van der Waals surface area contributed by atoms with Crippen molar-refractivity contribution in [2.24, 2.45) is 5.41 Å². The van der Waals surface area contributed by atoms with Gasteiger partial charge in [-0.25, -0.2) is 0 Å². The average molecular weight is 242 g/mol. The molecule has 0 aromatic heterocycles. The van der Waals surface area contributed by atoms with E-state index in [0.717, 1.165) is 6.54 Å².